The van der Waals surface area contributed by atoms with E-state index in [-0.39, 0.29) is 11.4 Å². The van der Waals surface area contributed by atoms with Gasteiger partial charge in [-0.15, -0.1) is 0 Å². The molecule has 1 aromatic carbocycles. The molecule has 6 heteroatoms. The first-order chi connectivity index (χ1) is 9.08. The van der Waals surface area contributed by atoms with E-state index >= 15 is 0 Å². The van der Waals surface area contributed by atoms with E-state index in [2.05, 4.69) is 21.0 Å². The van der Waals surface area contributed by atoms with Crippen molar-refractivity contribution in [2.24, 2.45) is 0 Å². The molecule has 1 aliphatic rings. The highest BCUT2D eigenvalue weighted by Gasteiger charge is 2.27. The van der Waals surface area contributed by atoms with Crippen LogP contribution in [0.25, 0.3) is 5.69 Å². The summed E-state index contributed by atoms with van der Waals surface area (Å²) in [5, 5.41) is 13.2. The largest absolute Gasteiger partial charge is 0.476 e. The number of fused-ring (bicyclic) bond motifs is 1. The number of aromatic nitrogens is 2. The Balaban J connectivity index is 2.23. The predicted molar refractivity (Wildman–Crippen MR) is 70.2 cm³/mol. The Hall–Kier alpha value is -1.69. The number of hydrogen-bond acceptors (Lipinski definition) is 2. The number of halogens is 2. The minimum absolute atomic E-state index is 0.0341. The predicted octanol–water partition coefficient (Wildman–Crippen LogP) is 2.96. The maximum absolute atomic E-state index is 13.9. The Morgan fingerprint density at radius 3 is 2.95 bits per heavy atom. The fourth-order valence-corrected chi connectivity index (χ4v) is 2.81. The second-order valence-electron chi connectivity index (χ2n) is 4.44. The van der Waals surface area contributed by atoms with Gasteiger partial charge >= 0.3 is 5.97 Å². The number of nitrogens with zero attached hydrogens (tertiary/aromatic N) is 2. The molecule has 0 unspecified atom stereocenters. The van der Waals surface area contributed by atoms with Crippen molar-refractivity contribution < 1.29 is 14.3 Å². The summed E-state index contributed by atoms with van der Waals surface area (Å²) < 4.78 is 16.1. The molecular formula is C13H10BrFN2O2. The molecule has 2 aromatic rings. The van der Waals surface area contributed by atoms with Gasteiger partial charge in [0.25, 0.3) is 0 Å². The first kappa shape index (κ1) is 12.3. The molecule has 0 fully saturated rings. The van der Waals surface area contributed by atoms with E-state index in [4.69, 9.17) is 5.11 Å². The van der Waals surface area contributed by atoms with Crippen molar-refractivity contribution in [3.05, 3.63) is 45.4 Å². The van der Waals surface area contributed by atoms with E-state index in [0.29, 0.717) is 6.42 Å². The first-order valence-electron chi connectivity index (χ1n) is 5.87. The second-order valence-corrected chi connectivity index (χ2v) is 5.36. The molecule has 4 nitrogen and oxygen atoms in total. The van der Waals surface area contributed by atoms with Gasteiger partial charge in [-0.1, -0.05) is 15.9 Å². The van der Waals surface area contributed by atoms with E-state index in [0.717, 1.165) is 28.6 Å². The van der Waals surface area contributed by atoms with Crippen molar-refractivity contribution in [2.75, 3.05) is 0 Å². The van der Waals surface area contributed by atoms with Gasteiger partial charge in [-0.25, -0.2) is 13.9 Å². The van der Waals surface area contributed by atoms with Crippen molar-refractivity contribution >= 4 is 21.9 Å². The van der Waals surface area contributed by atoms with Gasteiger partial charge in [-0.2, -0.15) is 5.10 Å². The quantitative estimate of drug-likeness (QED) is 0.924. The summed E-state index contributed by atoms with van der Waals surface area (Å²) in [7, 11) is 0. The van der Waals surface area contributed by atoms with Gasteiger partial charge in [0.1, 0.15) is 11.5 Å². The summed E-state index contributed by atoms with van der Waals surface area (Å²) in [5.74, 6) is -1.48. The number of carboxylic acid groups (broad SMARTS) is 1. The van der Waals surface area contributed by atoms with Crippen LogP contribution in [0.1, 0.15) is 28.2 Å². The molecule has 1 N–H and O–H groups in total. The smallest absolute Gasteiger partial charge is 0.356 e. The van der Waals surface area contributed by atoms with Crippen LogP contribution in [0.3, 0.4) is 0 Å². The van der Waals surface area contributed by atoms with Gasteiger partial charge < -0.3 is 5.11 Å². The number of hydrogen-bond donors (Lipinski definition) is 1. The Morgan fingerprint density at radius 1 is 1.42 bits per heavy atom. The van der Waals surface area contributed by atoms with Crippen molar-refractivity contribution in [1.82, 2.24) is 9.78 Å². The molecule has 0 atom stereocenters. The van der Waals surface area contributed by atoms with Crippen LogP contribution in [0.2, 0.25) is 0 Å². The lowest BCUT2D eigenvalue weighted by Gasteiger charge is -2.07. The van der Waals surface area contributed by atoms with E-state index in [1.165, 1.54) is 10.7 Å². The molecule has 0 radical (unpaired) electrons. The Kier molecular flexibility index (Phi) is 2.89. The maximum Gasteiger partial charge on any atom is 0.356 e. The lowest BCUT2D eigenvalue weighted by atomic mass is 10.2. The van der Waals surface area contributed by atoms with Gasteiger partial charge in [0.05, 0.1) is 0 Å². The summed E-state index contributed by atoms with van der Waals surface area (Å²) in [6.45, 7) is 0. The molecule has 3 rings (SSSR count). The van der Waals surface area contributed by atoms with Gasteiger partial charge in [0.15, 0.2) is 5.69 Å². The fourth-order valence-electron chi connectivity index (χ4n) is 2.46. The molecular weight excluding hydrogens is 315 g/mol. The van der Waals surface area contributed by atoms with E-state index in [1.807, 2.05) is 0 Å². The monoisotopic (exact) mass is 324 g/mol. The summed E-state index contributed by atoms with van der Waals surface area (Å²) in [4.78, 5) is 11.2. The summed E-state index contributed by atoms with van der Waals surface area (Å²) >= 11 is 3.29. The second kappa shape index (κ2) is 4.45. The normalized spacial score (nSPS) is 13.6. The van der Waals surface area contributed by atoms with Crippen LogP contribution in [0.15, 0.2) is 22.7 Å². The molecule has 0 aliphatic heterocycles. The average molecular weight is 325 g/mol. The fraction of sp³-hybridized carbons (Fsp3) is 0.231. The molecule has 19 heavy (non-hydrogen) atoms. The molecule has 0 saturated carbocycles. The van der Waals surface area contributed by atoms with Crippen LogP contribution >= 0.6 is 15.9 Å². The molecule has 1 aromatic heterocycles. The zero-order valence-corrected chi connectivity index (χ0v) is 11.4. The number of aromatic carboxylic acids is 1. The van der Waals surface area contributed by atoms with Crippen LogP contribution < -0.4 is 0 Å². The van der Waals surface area contributed by atoms with E-state index in [1.54, 1.807) is 12.1 Å². The molecule has 1 aliphatic carbocycles. The van der Waals surface area contributed by atoms with Crippen molar-refractivity contribution in [2.45, 2.75) is 19.3 Å². The third kappa shape index (κ3) is 1.96. The van der Waals surface area contributed by atoms with E-state index in [9.17, 15) is 9.18 Å². The highest BCUT2D eigenvalue weighted by molar-refractivity contribution is 9.10. The lowest BCUT2D eigenvalue weighted by molar-refractivity contribution is 0.0689. The Bertz CT molecular complexity index is 682. The number of rotatable bonds is 2. The van der Waals surface area contributed by atoms with Gasteiger partial charge in [0.2, 0.25) is 0 Å². The molecule has 0 bridgehead atoms. The van der Waals surface area contributed by atoms with Crippen LogP contribution in [-0.4, -0.2) is 20.9 Å². The Labute approximate surface area is 117 Å². The van der Waals surface area contributed by atoms with Gasteiger partial charge in [-0.3, -0.25) is 0 Å². The van der Waals surface area contributed by atoms with Crippen LogP contribution in [0.5, 0.6) is 0 Å². The third-order valence-electron chi connectivity index (χ3n) is 3.27. The summed E-state index contributed by atoms with van der Waals surface area (Å²) in [6.07, 6.45) is 2.29. The summed E-state index contributed by atoms with van der Waals surface area (Å²) in [6, 6.07) is 4.54. The number of carboxylic acids is 1. The lowest BCUT2D eigenvalue weighted by Crippen LogP contribution is -2.06. The van der Waals surface area contributed by atoms with Crippen LogP contribution in [0.4, 0.5) is 4.39 Å². The van der Waals surface area contributed by atoms with Crippen LogP contribution in [0, 0.1) is 5.82 Å². The van der Waals surface area contributed by atoms with E-state index < -0.39 is 11.8 Å². The summed E-state index contributed by atoms with van der Waals surface area (Å²) in [5.41, 5.74) is 1.84. The van der Waals surface area contributed by atoms with Gasteiger partial charge in [0, 0.05) is 15.7 Å². The van der Waals surface area contributed by atoms with Gasteiger partial charge in [-0.05, 0) is 37.5 Å². The highest BCUT2D eigenvalue weighted by Crippen LogP contribution is 2.29. The molecule has 1 heterocycles. The van der Waals surface area contributed by atoms with Crippen molar-refractivity contribution in [3.8, 4) is 5.69 Å². The maximum atomic E-state index is 13.9. The molecule has 0 spiro atoms. The number of benzene rings is 1. The minimum atomic E-state index is -1.06. The van der Waals surface area contributed by atoms with Crippen molar-refractivity contribution in [3.63, 3.8) is 0 Å². The SMILES string of the molecule is O=C(O)c1nn(-c2cc(Br)ccc2F)c2c1CCC2. The zero-order valence-electron chi connectivity index (χ0n) is 9.86. The highest BCUT2D eigenvalue weighted by atomic mass is 79.9. The topological polar surface area (TPSA) is 55.1 Å². The first-order valence-corrected chi connectivity index (χ1v) is 6.66. The minimum Gasteiger partial charge on any atom is -0.476 e. The average Bonchev–Trinajstić information content (AvgIpc) is 2.93. The molecule has 0 amide bonds. The molecule has 98 valence electrons. The zero-order chi connectivity index (χ0) is 13.6. The molecule has 0 saturated heterocycles. The standard InChI is InChI=1S/C13H10BrFN2O2/c14-7-4-5-9(15)11(6-7)17-10-3-1-2-8(10)12(16-17)13(18)19/h4-6H,1-3H2,(H,18,19). The Morgan fingerprint density at radius 2 is 2.21 bits per heavy atom. The number of carbonyl (C=O) groups is 1. The third-order valence-corrected chi connectivity index (χ3v) is 3.76. The van der Waals surface area contributed by atoms with Crippen molar-refractivity contribution in [1.29, 1.82) is 0 Å². The van der Waals surface area contributed by atoms with Crippen LogP contribution in [-0.2, 0) is 12.8 Å².